The lowest BCUT2D eigenvalue weighted by molar-refractivity contribution is -0.127. The summed E-state index contributed by atoms with van der Waals surface area (Å²) in [7, 11) is 1.70. The first-order valence-corrected chi connectivity index (χ1v) is 10.4. The van der Waals surface area contributed by atoms with Gasteiger partial charge in [0, 0.05) is 46.3 Å². The van der Waals surface area contributed by atoms with Gasteiger partial charge in [-0.05, 0) is 18.9 Å². The molecule has 156 valence electrons. The SMILES string of the molecule is CCCN1C(N2CCN(Cc3cccc(C)c3)CC2)=NC2C1C(=O)NC(=O)N2C. The van der Waals surface area contributed by atoms with E-state index >= 15 is 0 Å². The van der Waals surface area contributed by atoms with Crippen molar-refractivity contribution in [2.45, 2.75) is 39.0 Å². The minimum Gasteiger partial charge on any atom is -0.340 e. The van der Waals surface area contributed by atoms with E-state index in [1.807, 2.05) is 0 Å². The van der Waals surface area contributed by atoms with E-state index in [9.17, 15) is 9.59 Å². The highest BCUT2D eigenvalue weighted by atomic mass is 16.2. The monoisotopic (exact) mass is 398 g/mol. The van der Waals surface area contributed by atoms with E-state index < -0.39 is 12.2 Å². The van der Waals surface area contributed by atoms with Crippen LogP contribution in [0.5, 0.6) is 0 Å². The molecule has 3 aliphatic rings. The third-order valence-corrected chi connectivity index (χ3v) is 5.95. The van der Waals surface area contributed by atoms with Crippen LogP contribution in [-0.4, -0.2) is 89.5 Å². The Hall–Kier alpha value is -2.61. The van der Waals surface area contributed by atoms with Crippen molar-refractivity contribution < 1.29 is 9.59 Å². The molecular formula is C21H30N6O2. The average Bonchev–Trinajstić information content (AvgIpc) is 3.07. The van der Waals surface area contributed by atoms with Gasteiger partial charge in [-0.3, -0.25) is 15.0 Å². The van der Waals surface area contributed by atoms with Gasteiger partial charge in [0.05, 0.1) is 0 Å². The average molecular weight is 399 g/mol. The maximum Gasteiger partial charge on any atom is 0.325 e. The normalized spacial score (nSPS) is 25.2. The van der Waals surface area contributed by atoms with E-state index in [1.165, 1.54) is 16.0 Å². The second-order valence-electron chi connectivity index (χ2n) is 8.14. The lowest BCUT2D eigenvalue weighted by atomic mass is 10.1. The lowest BCUT2D eigenvalue weighted by Gasteiger charge is -2.40. The number of fused-ring (bicyclic) bond motifs is 1. The van der Waals surface area contributed by atoms with Crippen molar-refractivity contribution in [1.82, 2.24) is 24.9 Å². The molecule has 2 saturated heterocycles. The highest BCUT2D eigenvalue weighted by Gasteiger charge is 2.49. The molecule has 8 nitrogen and oxygen atoms in total. The Labute approximate surface area is 172 Å². The van der Waals surface area contributed by atoms with Gasteiger partial charge in [0.1, 0.15) is 0 Å². The molecule has 4 rings (SSSR count). The van der Waals surface area contributed by atoms with Crippen molar-refractivity contribution in [2.24, 2.45) is 4.99 Å². The largest absolute Gasteiger partial charge is 0.340 e. The molecule has 8 heteroatoms. The molecule has 1 N–H and O–H groups in total. The van der Waals surface area contributed by atoms with Gasteiger partial charge in [-0.1, -0.05) is 36.8 Å². The third-order valence-electron chi connectivity index (χ3n) is 5.95. The van der Waals surface area contributed by atoms with Crippen LogP contribution in [0.2, 0.25) is 0 Å². The van der Waals surface area contributed by atoms with Crippen LogP contribution in [0.15, 0.2) is 29.3 Å². The third kappa shape index (κ3) is 3.81. The lowest BCUT2D eigenvalue weighted by Crippen LogP contribution is -2.64. The predicted octanol–water partition coefficient (Wildman–Crippen LogP) is 1.07. The number of guanidine groups is 1. The quantitative estimate of drug-likeness (QED) is 0.822. The van der Waals surface area contributed by atoms with Gasteiger partial charge in [-0.15, -0.1) is 0 Å². The number of piperazine rings is 1. The molecule has 1 aromatic rings. The van der Waals surface area contributed by atoms with E-state index in [4.69, 9.17) is 4.99 Å². The molecule has 3 aliphatic heterocycles. The molecule has 29 heavy (non-hydrogen) atoms. The number of carbonyl (C=O) groups excluding carboxylic acids is 2. The Balaban J connectivity index is 1.45. The highest BCUT2D eigenvalue weighted by Crippen LogP contribution is 2.26. The minimum atomic E-state index is -0.442. The van der Waals surface area contributed by atoms with Crippen LogP contribution in [0.25, 0.3) is 0 Å². The Kier molecular flexibility index (Phi) is 5.45. The van der Waals surface area contributed by atoms with Gasteiger partial charge in [-0.25, -0.2) is 9.79 Å². The molecule has 2 unspecified atom stereocenters. The first kappa shape index (κ1) is 19.7. The fourth-order valence-corrected chi connectivity index (χ4v) is 4.43. The summed E-state index contributed by atoms with van der Waals surface area (Å²) in [5.41, 5.74) is 2.63. The zero-order valence-electron chi connectivity index (χ0n) is 17.5. The molecule has 1 aromatic carbocycles. The van der Waals surface area contributed by atoms with Crippen LogP contribution >= 0.6 is 0 Å². The van der Waals surface area contributed by atoms with Crippen molar-refractivity contribution >= 4 is 17.9 Å². The number of likely N-dealkylation sites (N-methyl/N-ethyl adjacent to an activating group) is 1. The number of imide groups is 1. The van der Waals surface area contributed by atoms with Gasteiger partial charge in [0.25, 0.3) is 5.91 Å². The Bertz CT molecular complexity index is 817. The van der Waals surface area contributed by atoms with Crippen molar-refractivity contribution in [2.75, 3.05) is 39.8 Å². The van der Waals surface area contributed by atoms with Crippen LogP contribution in [0.1, 0.15) is 24.5 Å². The molecule has 0 aliphatic carbocycles. The number of benzene rings is 1. The van der Waals surface area contributed by atoms with Gasteiger partial charge in [0.2, 0.25) is 0 Å². The summed E-state index contributed by atoms with van der Waals surface area (Å²) >= 11 is 0. The summed E-state index contributed by atoms with van der Waals surface area (Å²) < 4.78 is 0. The fraction of sp³-hybridized carbons (Fsp3) is 0.571. The summed E-state index contributed by atoms with van der Waals surface area (Å²) in [4.78, 5) is 37.7. The molecule has 3 heterocycles. The van der Waals surface area contributed by atoms with E-state index in [0.29, 0.717) is 0 Å². The second kappa shape index (κ2) is 8.02. The van der Waals surface area contributed by atoms with Gasteiger partial charge >= 0.3 is 6.03 Å². The summed E-state index contributed by atoms with van der Waals surface area (Å²) in [6.45, 7) is 9.55. The molecule has 2 fully saturated rings. The number of carbonyl (C=O) groups is 2. The van der Waals surface area contributed by atoms with Crippen LogP contribution in [0.4, 0.5) is 4.79 Å². The van der Waals surface area contributed by atoms with Gasteiger partial charge in [-0.2, -0.15) is 0 Å². The Morgan fingerprint density at radius 1 is 1.17 bits per heavy atom. The molecule has 0 aromatic heterocycles. The fourth-order valence-electron chi connectivity index (χ4n) is 4.43. The topological polar surface area (TPSA) is 71.5 Å². The van der Waals surface area contributed by atoms with E-state index in [-0.39, 0.29) is 11.9 Å². The number of amides is 3. The molecular weight excluding hydrogens is 368 g/mol. The number of hydrogen-bond donors (Lipinski definition) is 1. The van der Waals surface area contributed by atoms with Gasteiger partial charge in [0.15, 0.2) is 18.2 Å². The molecule has 0 saturated carbocycles. The number of urea groups is 1. The summed E-state index contributed by atoms with van der Waals surface area (Å²) in [5.74, 6) is 0.608. The first-order valence-electron chi connectivity index (χ1n) is 10.4. The van der Waals surface area contributed by atoms with Crippen LogP contribution in [-0.2, 0) is 11.3 Å². The molecule has 0 bridgehead atoms. The maximum absolute atomic E-state index is 12.5. The Morgan fingerprint density at radius 3 is 2.62 bits per heavy atom. The van der Waals surface area contributed by atoms with Crippen molar-refractivity contribution in [3.8, 4) is 0 Å². The number of hydrogen-bond acceptors (Lipinski definition) is 6. The Morgan fingerprint density at radius 2 is 1.93 bits per heavy atom. The maximum atomic E-state index is 12.5. The number of nitrogens with one attached hydrogen (secondary N) is 1. The van der Waals surface area contributed by atoms with Crippen LogP contribution in [0.3, 0.4) is 0 Å². The van der Waals surface area contributed by atoms with Crippen LogP contribution in [0, 0.1) is 6.92 Å². The highest BCUT2D eigenvalue weighted by molar-refractivity contribution is 6.03. The standard InChI is InChI=1S/C21H30N6O2/c1-4-8-27-17-18(24(3)21(29)23-19(17)28)22-20(27)26-11-9-25(10-12-26)14-16-7-5-6-15(2)13-16/h5-7,13,17-18H,4,8-12,14H2,1-3H3,(H,23,28,29). The molecule has 3 amide bonds. The number of aryl methyl sites for hydroxylation is 1. The van der Waals surface area contributed by atoms with Gasteiger partial charge < -0.3 is 14.7 Å². The zero-order valence-corrected chi connectivity index (χ0v) is 17.5. The minimum absolute atomic E-state index is 0.247. The number of rotatable bonds is 4. The molecule has 0 spiro atoms. The molecule has 2 atom stereocenters. The predicted molar refractivity (Wildman–Crippen MR) is 111 cm³/mol. The second-order valence-corrected chi connectivity index (χ2v) is 8.14. The molecule has 0 radical (unpaired) electrons. The zero-order chi connectivity index (χ0) is 20.5. The summed E-state index contributed by atoms with van der Waals surface area (Å²) in [5, 5.41) is 2.46. The van der Waals surface area contributed by atoms with Crippen LogP contribution < -0.4 is 5.32 Å². The van der Waals surface area contributed by atoms with Crippen molar-refractivity contribution in [3.05, 3.63) is 35.4 Å². The van der Waals surface area contributed by atoms with E-state index in [0.717, 1.165) is 51.6 Å². The van der Waals surface area contributed by atoms with Crippen molar-refractivity contribution in [1.29, 1.82) is 0 Å². The van der Waals surface area contributed by atoms with Crippen molar-refractivity contribution in [3.63, 3.8) is 0 Å². The number of nitrogens with zero attached hydrogens (tertiary/aromatic N) is 5. The van der Waals surface area contributed by atoms with E-state index in [1.54, 1.807) is 7.05 Å². The summed E-state index contributed by atoms with van der Waals surface area (Å²) in [6, 6.07) is 7.85. The number of aliphatic imine (C=N–C) groups is 1. The summed E-state index contributed by atoms with van der Waals surface area (Å²) in [6.07, 6.45) is 0.476. The first-order chi connectivity index (χ1) is 14.0. The smallest absolute Gasteiger partial charge is 0.325 e. The van der Waals surface area contributed by atoms with E-state index in [2.05, 4.69) is 58.1 Å².